The van der Waals surface area contributed by atoms with Gasteiger partial charge in [0.2, 0.25) is 5.22 Å². The van der Waals surface area contributed by atoms with Gasteiger partial charge in [-0.2, -0.15) is 0 Å². The Kier molecular flexibility index (Phi) is 2.33. The molecule has 0 aliphatic carbocycles. The van der Waals surface area contributed by atoms with Crippen LogP contribution in [0.15, 0.2) is 10.6 Å². The minimum Gasteiger partial charge on any atom is -0.344 e. The Morgan fingerprint density at radius 1 is 1.75 bits per heavy atom. The van der Waals surface area contributed by atoms with Crippen molar-refractivity contribution in [1.29, 1.82) is 0 Å². The van der Waals surface area contributed by atoms with Crippen LogP contribution in [0.5, 0.6) is 0 Å². The highest BCUT2D eigenvalue weighted by molar-refractivity contribution is 6.28. The van der Waals surface area contributed by atoms with E-state index in [0.717, 1.165) is 18.7 Å². The normalized spacial score (nSPS) is 23.2. The molecule has 0 bridgehead atoms. The topological polar surface area (TPSA) is 38.1 Å². The van der Waals surface area contributed by atoms with E-state index >= 15 is 0 Å². The third kappa shape index (κ3) is 1.79. The highest BCUT2D eigenvalue weighted by Gasteiger charge is 2.16. The molecular weight excluding hydrogens is 176 g/mol. The van der Waals surface area contributed by atoms with Gasteiger partial charge < -0.3 is 9.84 Å². The molecule has 1 saturated heterocycles. The van der Waals surface area contributed by atoms with Gasteiger partial charge >= 0.3 is 0 Å². The van der Waals surface area contributed by atoms with Crippen molar-refractivity contribution in [2.24, 2.45) is 0 Å². The summed E-state index contributed by atoms with van der Waals surface area (Å²) < 4.78 is 4.76. The van der Waals surface area contributed by atoms with Crippen molar-refractivity contribution in [3.05, 3.63) is 17.0 Å². The zero-order valence-corrected chi connectivity index (χ0v) is 7.47. The van der Waals surface area contributed by atoms with Crippen molar-refractivity contribution >= 4 is 11.6 Å². The molecule has 0 saturated carbocycles. The number of rotatable bonds is 2. The molecule has 4 heteroatoms. The zero-order chi connectivity index (χ0) is 8.39. The number of halogens is 1. The molecule has 0 aromatic carbocycles. The highest BCUT2D eigenvalue weighted by atomic mass is 35.5. The van der Waals surface area contributed by atoms with Crippen LogP contribution in [0.3, 0.4) is 0 Å². The van der Waals surface area contributed by atoms with E-state index in [0.29, 0.717) is 11.3 Å². The Morgan fingerprint density at radius 3 is 3.25 bits per heavy atom. The molecule has 1 aliphatic rings. The molecule has 3 nitrogen and oxygen atoms in total. The predicted molar refractivity (Wildman–Crippen MR) is 46.2 cm³/mol. The first-order valence-corrected chi connectivity index (χ1v) is 4.57. The average molecular weight is 187 g/mol. The van der Waals surface area contributed by atoms with Crippen molar-refractivity contribution < 1.29 is 4.52 Å². The molecule has 0 amide bonds. The summed E-state index contributed by atoms with van der Waals surface area (Å²) in [6.45, 7) is 1.12. The number of hydrogen-bond donors (Lipinski definition) is 1. The summed E-state index contributed by atoms with van der Waals surface area (Å²) in [6, 6.07) is 2.34. The Morgan fingerprint density at radius 2 is 2.67 bits per heavy atom. The Hall–Kier alpha value is -0.540. The number of aromatic nitrogens is 1. The fourth-order valence-electron chi connectivity index (χ4n) is 1.57. The van der Waals surface area contributed by atoms with E-state index in [4.69, 9.17) is 16.1 Å². The summed E-state index contributed by atoms with van der Waals surface area (Å²) in [5.74, 6) is 0. The van der Waals surface area contributed by atoms with Gasteiger partial charge in [0.1, 0.15) is 0 Å². The molecule has 0 radical (unpaired) electrons. The van der Waals surface area contributed by atoms with Gasteiger partial charge in [-0.1, -0.05) is 5.16 Å². The van der Waals surface area contributed by atoms with Gasteiger partial charge in [-0.05, 0) is 31.0 Å². The molecule has 1 atom stereocenters. The molecule has 2 rings (SSSR count). The van der Waals surface area contributed by atoms with Crippen LogP contribution in [0.4, 0.5) is 0 Å². The largest absolute Gasteiger partial charge is 0.344 e. The fraction of sp³-hybridized carbons (Fsp3) is 0.625. The lowest BCUT2D eigenvalue weighted by atomic mass is 10.1. The molecule has 1 unspecified atom stereocenters. The SMILES string of the molecule is Clc1cc(CC2CCCN2)no1. The van der Waals surface area contributed by atoms with E-state index in [2.05, 4.69) is 10.5 Å². The van der Waals surface area contributed by atoms with Gasteiger partial charge in [0.25, 0.3) is 0 Å². The van der Waals surface area contributed by atoms with E-state index in [9.17, 15) is 0 Å². The minimum atomic E-state index is 0.378. The Balaban J connectivity index is 1.94. The van der Waals surface area contributed by atoms with E-state index < -0.39 is 0 Å². The first-order valence-electron chi connectivity index (χ1n) is 4.19. The van der Waals surface area contributed by atoms with E-state index in [1.807, 2.05) is 0 Å². The van der Waals surface area contributed by atoms with Crippen molar-refractivity contribution in [2.45, 2.75) is 25.3 Å². The van der Waals surface area contributed by atoms with E-state index in [1.54, 1.807) is 6.07 Å². The summed E-state index contributed by atoms with van der Waals surface area (Å²) in [4.78, 5) is 0. The van der Waals surface area contributed by atoms with Crippen LogP contribution in [0, 0.1) is 0 Å². The van der Waals surface area contributed by atoms with Crippen molar-refractivity contribution in [2.75, 3.05) is 6.54 Å². The highest BCUT2D eigenvalue weighted by Crippen LogP contribution is 2.14. The standard InChI is InChI=1S/C8H11ClN2O/c9-8-5-7(11-12-8)4-6-2-1-3-10-6/h5-6,10H,1-4H2. The number of nitrogens with zero attached hydrogens (tertiary/aromatic N) is 1. The summed E-state index contributed by atoms with van der Waals surface area (Å²) in [7, 11) is 0. The summed E-state index contributed by atoms with van der Waals surface area (Å²) in [6.07, 6.45) is 3.41. The maximum atomic E-state index is 5.60. The fourth-order valence-corrected chi connectivity index (χ4v) is 1.73. The molecule has 1 aromatic heterocycles. The van der Waals surface area contributed by atoms with E-state index in [1.165, 1.54) is 12.8 Å². The second-order valence-electron chi connectivity index (χ2n) is 3.12. The summed E-state index contributed by atoms with van der Waals surface area (Å²) in [5, 5.41) is 7.60. The first-order chi connectivity index (χ1) is 5.84. The average Bonchev–Trinajstić information content (AvgIpc) is 2.63. The molecule has 1 aliphatic heterocycles. The van der Waals surface area contributed by atoms with Crippen LogP contribution in [-0.2, 0) is 6.42 Å². The molecule has 1 fully saturated rings. The van der Waals surface area contributed by atoms with Crippen molar-refractivity contribution in [1.82, 2.24) is 10.5 Å². The van der Waals surface area contributed by atoms with Gasteiger partial charge in [-0.25, -0.2) is 0 Å². The second kappa shape index (κ2) is 3.46. The van der Waals surface area contributed by atoms with Crippen LogP contribution in [0.2, 0.25) is 5.22 Å². The summed E-state index contributed by atoms with van der Waals surface area (Å²) in [5.41, 5.74) is 0.944. The zero-order valence-electron chi connectivity index (χ0n) is 6.72. The first kappa shape index (κ1) is 8.08. The molecule has 66 valence electrons. The quantitative estimate of drug-likeness (QED) is 0.763. The number of nitrogens with one attached hydrogen (secondary N) is 1. The monoisotopic (exact) mass is 186 g/mol. The maximum absolute atomic E-state index is 5.60. The molecule has 1 N–H and O–H groups in total. The number of hydrogen-bond acceptors (Lipinski definition) is 3. The van der Waals surface area contributed by atoms with Crippen LogP contribution < -0.4 is 5.32 Å². The van der Waals surface area contributed by atoms with Crippen molar-refractivity contribution in [3.8, 4) is 0 Å². The van der Waals surface area contributed by atoms with Gasteiger partial charge in [0, 0.05) is 18.5 Å². The molecule has 12 heavy (non-hydrogen) atoms. The Bertz CT molecular complexity index is 255. The lowest BCUT2D eigenvalue weighted by Crippen LogP contribution is -2.23. The van der Waals surface area contributed by atoms with Gasteiger partial charge in [-0.3, -0.25) is 0 Å². The lowest BCUT2D eigenvalue weighted by Gasteiger charge is -2.05. The van der Waals surface area contributed by atoms with Crippen LogP contribution in [0.25, 0.3) is 0 Å². The third-order valence-electron chi connectivity index (χ3n) is 2.15. The predicted octanol–water partition coefficient (Wildman–Crippen LogP) is 1.62. The van der Waals surface area contributed by atoms with Crippen LogP contribution >= 0.6 is 11.6 Å². The lowest BCUT2D eigenvalue weighted by molar-refractivity contribution is 0.409. The van der Waals surface area contributed by atoms with Gasteiger partial charge in [0.15, 0.2) is 0 Å². The Labute approximate surface area is 76.1 Å². The minimum absolute atomic E-state index is 0.378. The summed E-state index contributed by atoms with van der Waals surface area (Å²) >= 11 is 5.60. The van der Waals surface area contributed by atoms with Gasteiger partial charge in [-0.15, -0.1) is 0 Å². The van der Waals surface area contributed by atoms with Crippen LogP contribution in [0.1, 0.15) is 18.5 Å². The molecule has 0 spiro atoms. The smallest absolute Gasteiger partial charge is 0.226 e. The second-order valence-corrected chi connectivity index (χ2v) is 3.49. The van der Waals surface area contributed by atoms with Crippen molar-refractivity contribution in [3.63, 3.8) is 0 Å². The van der Waals surface area contributed by atoms with Gasteiger partial charge in [0.05, 0.1) is 5.69 Å². The molecule has 2 heterocycles. The third-order valence-corrected chi connectivity index (χ3v) is 2.33. The van der Waals surface area contributed by atoms with E-state index in [-0.39, 0.29) is 0 Å². The maximum Gasteiger partial charge on any atom is 0.226 e. The molecule has 1 aromatic rings. The van der Waals surface area contributed by atoms with Crippen LogP contribution in [-0.4, -0.2) is 17.7 Å². The molecular formula is C8H11ClN2O.